The fourth-order valence-corrected chi connectivity index (χ4v) is 8.27. The van der Waals surface area contributed by atoms with Gasteiger partial charge in [0.15, 0.2) is 17.5 Å². The lowest BCUT2D eigenvalue weighted by atomic mass is 9.90. The molecule has 8 aromatic carbocycles. The molecule has 0 atom stereocenters. The fourth-order valence-electron chi connectivity index (χ4n) is 8.27. The summed E-state index contributed by atoms with van der Waals surface area (Å²) < 4.78 is 2.42. The second-order valence-corrected chi connectivity index (χ2v) is 13.6. The van der Waals surface area contributed by atoms with E-state index >= 15 is 0 Å². The maximum Gasteiger partial charge on any atom is 0.164 e. The van der Waals surface area contributed by atoms with Crippen molar-refractivity contribution in [3.63, 3.8) is 0 Å². The highest BCUT2D eigenvalue weighted by atomic mass is 15.0. The quantitative estimate of drug-likeness (QED) is 0.182. The molecule has 2 heterocycles. The summed E-state index contributed by atoms with van der Waals surface area (Å²) in [5, 5.41) is 5.10. The summed E-state index contributed by atoms with van der Waals surface area (Å²) in [5.74, 6) is 1.93. The molecule has 1 aliphatic rings. The van der Waals surface area contributed by atoms with E-state index in [1.165, 1.54) is 66.0 Å². The van der Waals surface area contributed by atoms with Crippen molar-refractivity contribution in [1.29, 1.82) is 0 Å². The third-order valence-electron chi connectivity index (χ3n) is 10.6. The van der Waals surface area contributed by atoms with Gasteiger partial charge in [0, 0.05) is 38.5 Å². The molecule has 0 radical (unpaired) electrons. The highest BCUT2D eigenvalue weighted by Gasteiger charge is 2.26. The van der Waals surface area contributed by atoms with Gasteiger partial charge in [0.2, 0.25) is 0 Å². The minimum Gasteiger partial charge on any atom is -0.309 e. The molecule has 4 nitrogen and oxygen atoms in total. The summed E-state index contributed by atoms with van der Waals surface area (Å²) in [6.07, 6.45) is 0. The number of hydrogen-bond acceptors (Lipinski definition) is 3. The van der Waals surface area contributed by atoms with E-state index in [0.717, 1.165) is 22.4 Å². The monoisotopic (exact) mass is 674 g/mol. The molecule has 0 spiro atoms. The second kappa shape index (κ2) is 11.7. The Labute approximate surface area is 306 Å². The van der Waals surface area contributed by atoms with Crippen LogP contribution in [0.4, 0.5) is 0 Å². The Bertz CT molecular complexity index is 2980. The molecule has 0 unspecified atom stereocenters. The van der Waals surface area contributed by atoms with E-state index < -0.39 is 0 Å². The number of rotatable bonds is 5. The molecule has 0 aliphatic heterocycles. The number of hydrogen-bond donors (Lipinski definition) is 0. The predicted octanol–water partition coefficient (Wildman–Crippen LogP) is 12.4. The summed E-state index contributed by atoms with van der Waals surface area (Å²) in [5.41, 5.74) is 13.7. The SMILES string of the molecule is c1ccc(-c2nc(-c3ccccc3)nc(-c3cccc(-n4c5cccc6c5c5c7c(ccc(-c8ccccc8)c7ccc54)-c4ccccc4-6)c3)n2)cc1. The molecule has 0 saturated carbocycles. The highest BCUT2D eigenvalue weighted by molar-refractivity contribution is 6.31. The minimum absolute atomic E-state index is 0.635. The van der Waals surface area contributed by atoms with E-state index in [9.17, 15) is 0 Å². The van der Waals surface area contributed by atoms with E-state index in [1.54, 1.807) is 0 Å². The van der Waals surface area contributed by atoms with Crippen LogP contribution in [0.3, 0.4) is 0 Å². The van der Waals surface area contributed by atoms with Crippen LogP contribution in [0, 0.1) is 0 Å². The van der Waals surface area contributed by atoms with Gasteiger partial charge in [-0.3, -0.25) is 0 Å². The Kier molecular flexibility index (Phi) is 6.52. The molecular formula is C49H30N4. The molecule has 2 aromatic heterocycles. The Balaban J connectivity index is 1.19. The fraction of sp³-hybridized carbons (Fsp3) is 0. The van der Waals surface area contributed by atoms with Crippen molar-refractivity contribution in [3.05, 3.63) is 182 Å². The van der Waals surface area contributed by atoms with Gasteiger partial charge in [-0.1, -0.05) is 158 Å². The van der Waals surface area contributed by atoms with Crippen molar-refractivity contribution in [2.24, 2.45) is 0 Å². The van der Waals surface area contributed by atoms with Crippen LogP contribution < -0.4 is 0 Å². The van der Waals surface area contributed by atoms with Gasteiger partial charge in [0.1, 0.15) is 0 Å². The standard InChI is InChI=1S/C49H30N4/c1-4-14-31(15-5-1)36-26-27-41-38-23-11-10-22-37(38)39-24-13-25-42-45(39)46-43(29-28-40(36)44(41)46)53(42)35-21-12-20-34(30-35)49-51-47(32-16-6-2-7-17-32)50-48(52-49)33-18-8-3-9-19-33/h1-30H. The third kappa shape index (κ3) is 4.59. The van der Waals surface area contributed by atoms with E-state index in [4.69, 9.17) is 15.0 Å². The third-order valence-corrected chi connectivity index (χ3v) is 10.6. The average Bonchev–Trinajstić information content (AvgIpc) is 3.52. The molecule has 11 rings (SSSR count). The van der Waals surface area contributed by atoms with Crippen LogP contribution in [0.15, 0.2) is 182 Å². The summed E-state index contributed by atoms with van der Waals surface area (Å²) in [7, 11) is 0. The Morgan fingerprint density at radius 2 is 0.792 bits per heavy atom. The molecule has 0 bridgehead atoms. The first-order valence-electron chi connectivity index (χ1n) is 18.0. The van der Waals surface area contributed by atoms with Gasteiger partial charge in [-0.2, -0.15) is 0 Å². The first kappa shape index (κ1) is 29.5. The molecule has 0 fully saturated rings. The number of aromatic nitrogens is 4. The average molecular weight is 675 g/mol. The van der Waals surface area contributed by atoms with Crippen molar-refractivity contribution in [2.45, 2.75) is 0 Å². The molecule has 246 valence electrons. The lowest BCUT2D eigenvalue weighted by Gasteiger charge is -2.16. The molecule has 0 amide bonds. The van der Waals surface area contributed by atoms with Crippen LogP contribution in [0.1, 0.15) is 0 Å². The predicted molar refractivity (Wildman–Crippen MR) is 218 cm³/mol. The Hall–Kier alpha value is -7.17. The smallest absolute Gasteiger partial charge is 0.164 e. The van der Waals surface area contributed by atoms with E-state index in [2.05, 4.69) is 126 Å². The van der Waals surface area contributed by atoms with Gasteiger partial charge in [0.05, 0.1) is 11.0 Å². The second-order valence-electron chi connectivity index (χ2n) is 13.6. The number of fused-ring (bicyclic) bond motifs is 3. The molecule has 0 saturated heterocycles. The lowest BCUT2D eigenvalue weighted by molar-refractivity contribution is 1.07. The van der Waals surface area contributed by atoms with Crippen molar-refractivity contribution in [2.75, 3.05) is 0 Å². The normalized spacial score (nSPS) is 11.8. The summed E-state index contributed by atoms with van der Waals surface area (Å²) in [6.45, 7) is 0. The largest absolute Gasteiger partial charge is 0.309 e. The van der Waals surface area contributed by atoms with Gasteiger partial charge in [-0.05, 0) is 63.0 Å². The van der Waals surface area contributed by atoms with Gasteiger partial charge >= 0.3 is 0 Å². The summed E-state index contributed by atoms with van der Waals surface area (Å²) >= 11 is 0. The zero-order chi connectivity index (χ0) is 34.9. The van der Waals surface area contributed by atoms with E-state index in [1.807, 2.05) is 60.7 Å². The van der Waals surface area contributed by atoms with Crippen LogP contribution in [-0.2, 0) is 0 Å². The van der Waals surface area contributed by atoms with Crippen molar-refractivity contribution >= 4 is 32.6 Å². The maximum absolute atomic E-state index is 5.05. The van der Waals surface area contributed by atoms with E-state index in [-0.39, 0.29) is 0 Å². The van der Waals surface area contributed by atoms with Crippen LogP contribution >= 0.6 is 0 Å². The van der Waals surface area contributed by atoms with Crippen LogP contribution in [-0.4, -0.2) is 19.5 Å². The molecule has 10 aromatic rings. The summed E-state index contributed by atoms with van der Waals surface area (Å²) in [4.78, 5) is 15.0. The van der Waals surface area contributed by atoms with Gasteiger partial charge < -0.3 is 4.57 Å². The van der Waals surface area contributed by atoms with Crippen LogP contribution in [0.5, 0.6) is 0 Å². The minimum atomic E-state index is 0.635. The van der Waals surface area contributed by atoms with E-state index in [0.29, 0.717) is 17.5 Å². The topological polar surface area (TPSA) is 43.6 Å². The lowest BCUT2D eigenvalue weighted by Crippen LogP contribution is -2.01. The van der Waals surface area contributed by atoms with Gasteiger partial charge in [0.25, 0.3) is 0 Å². The maximum atomic E-state index is 5.05. The van der Waals surface area contributed by atoms with Gasteiger partial charge in [-0.25, -0.2) is 15.0 Å². The first-order valence-corrected chi connectivity index (χ1v) is 18.0. The zero-order valence-corrected chi connectivity index (χ0v) is 28.6. The first-order chi connectivity index (χ1) is 26.3. The Morgan fingerprint density at radius 3 is 1.45 bits per heavy atom. The van der Waals surface area contributed by atoms with Crippen molar-refractivity contribution < 1.29 is 0 Å². The highest BCUT2D eigenvalue weighted by Crippen LogP contribution is 2.51. The molecule has 4 heteroatoms. The number of benzene rings is 8. The van der Waals surface area contributed by atoms with Gasteiger partial charge in [-0.15, -0.1) is 0 Å². The molecular weight excluding hydrogens is 645 g/mol. The molecule has 0 N–H and O–H groups in total. The number of nitrogens with zero attached hydrogens (tertiary/aromatic N) is 4. The Morgan fingerprint density at radius 1 is 0.302 bits per heavy atom. The van der Waals surface area contributed by atoms with Crippen LogP contribution in [0.2, 0.25) is 0 Å². The summed E-state index contributed by atoms with van der Waals surface area (Å²) in [6, 6.07) is 64.5. The zero-order valence-electron chi connectivity index (χ0n) is 28.6. The molecule has 53 heavy (non-hydrogen) atoms. The molecule has 1 aliphatic carbocycles. The van der Waals surface area contributed by atoms with Crippen molar-refractivity contribution in [3.8, 4) is 73.2 Å². The van der Waals surface area contributed by atoms with Crippen molar-refractivity contribution in [1.82, 2.24) is 19.5 Å². The van der Waals surface area contributed by atoms with Crippen LogP contribution in [0.25, 0.3) is 106 Å².